The molecule has 0 radical (unpaired) electrons. The van der Waals surface area contributed by atoms with Crippen molar-refractivity contribution < 1.29 is 9.59 Å². The minimum absolute atomic E-state index is 0.184. The summed E-state index contributed by atoms with van der Waals surface area (Å²) >= 11 is 12.1. The molecule has 2 aliphatic heterocycles. The Hall–Kier alpha value is -2.08. The molecule has 2 aliphatic rings. The highest BCUT2D eigenvalue weighted by atomic mass is 35.5. The maximum atomic E-state index is 13.0. The van der Waals surface area contributed by atoms with Gasteiger partial charge in [0.15, 0.2) is 0 Å². The second-order valence-corrected chi connectivity index (χ2v) is 7.59. The summed E-state index contributed by atoms with van der Waals surface area (Å²) in [6.07, 6.45) is 0.184. The van der Waals surface area contributed by atoms with Gasteiger partial charge in [-0.2, -0.15) is 0 Å². The largest absolute Gasteiger partial charge is 0.369 e. The summed E-state index contributed by atoms with van der Waals surface area (Å²) < 4.78 is 0. The normalized spacial score (nSPS) is 21.2. The molecular weight excluding hydrogens is 385 g/mol. The van der Waals surface area contributed by atoms with E-state index in [4.69, 9.17) is 23.2 Å². The van der Waals surface area contributed by atoms with Crippen molar-refractivity contribution >= 4 is 46.4 Å². The van der Waals surface area contributed by atoms with Crippen LogP contribution >= 0.6 is 23.2 Å². The first-order chi connectivity index (χ1) is 13.0. The number of anilines is 2. The highest BCUT2D eigenvalue weighted by Crippen LogP contribution is 2.33. The zero-order valence-corrected chi connectivity index (χ0v) is 16.2. The van der Waals surface area contributed by atoms with Gasteiger partial charge in [-0.05, 0) is 30.3 Å². The van der Waals surface area contributed by atoms with Gasteiger partial charge in [-0.15, -0.1) is 0 Å². The molecule has 0 aromatic heterocycles. The molecule has 0 N–H and O–H groups in total. The highest BCUT2D eigenvalue weighted by molar-refractivity contribution is 6.38. The molecule has 0 unspecified atom stereocenters. The molecule has 2 aromatic rings. The summed E-state index contributed by atoms with van der Waals surface area (Å²) in [4.78, 5) is 31.1. The first kappa shape index (κ1) is 18.3. The molecule has 0 aliphatic carbocycles. The lowest BCUT2D eigenvalue weighted by Gasteiger charge is -2.38. The number of amides is 2. The minimum atomic E-state index is -0.429. The van der Waals surface area contributed by atoms with Gasteiger partial charge in [-0.1, -0.05) is 41.4 Å². The number of halogens is 2. The number of hydrogen-bond donors (Lipinski definition) is 0. The van der Waals surface area contributed by atoms with E-state index in [2.05, 4.69) is 21.9 Å². The Balaban J connectivity index is 1.46. The number of rotatable bonds is 3. The monoisotopic (exact) mass is 403 g/mol. The topological polar surface area (TPSA) is 43.9 Å². The Morgan fingerprint density at radius 3 is 2.26 bits per heavy atom. The predicted octanol–water partition coefficient (Wildman–Crippen LogP) is 3.45. The standard InChI is InChI=1S/C20H19Cl2N3O2/c21-14-6-7-17(16(22)12-14)25-19(26)13-18(20(25)27)24-10-8-23(9-11-24)15-4-2-1-3-5-15/h1-7,12,18H,8-11,13H2/t18-/m1/s1. The summed E-state index contributed by atoms with van der Waals surface area (Å²) in [7, 11) is 0. The van der Waals surface area contributed by atoms with Crippen LogP contribution in [0.15, 0.2) is 48.5 Å². The molecule has 0 saturated carbocycles. The van der Waals surface area contributed by atoms with Gasteiger partial charge in [-0.3, -0.25) is 14.5 Å². The Morgan fingerprint density at radius 1 is 0.889 bits per heavy atom. The molecule has 27 heavy (non-hydrogen) atoms. The van der Waals surface area contributed by atoms with Crippen LogP contribution in [-0.2, 0) is 9.59 Å². The van der Waals surface area contributed by atoms with Crippen LogP contribution in [0.4, 0.5) is 11.4 Å². The van der Waals surface area contributed by atoms with Crippen LogP contribution in [0.1, 0.15) is 6.42 Å². The minimum Gasteiger partial charge on any atom is -0.369 e. The molecular formula is C20H19Cl2N3O2. The number of carbonyl (C=O) groups excluding carboxylic acids is 2. The second kappa shape index (κ2) is 7.50. The Bertz CT molecular complexity index is 867. The van der Waals surface area contributed by atoms with Gasteiger partial charge in [-0.25, -0.2) is 4.90 Å². The first-order valence-electron chi connectivity index (χ1n) is 8.90. The van der Waals surface area contributed by atoms with Crippen molar-refractivity contribution in [1.82, 2.24) is 4.90 Å². The number of carbonyl (C=O) groups is 2. The molecule has 2 amide bonds. The average Bonchev–Trinajstić information content (AvgIpc) is 2.97. The lowest BCUT2D eigenvalue weighted by Crippen LogP contribution is -2.52. The maximum Gasteiger partial charge on any atom is 0.251 e. The van der Waals surface area contributed by atoms with Crippen LogP contribution < -0.4 is 9.80 Å². The quantitative estimate of drug-likeness (QED) is 0.736. The van der Waals surface area contributed by atoms with Crippen molar-refractivity contribution in [2.45, 2.75) is 12.5 Å². The van der Waals surface area contributed by atoms with Crippen LogP contribution in [0, 0.1) is 0 Å². The van der Waals surface area contributed by atoms with E-state index in [1.807, 2.05) is 18.2 Å². The molecule has 5 nitrogen and oxygen atoms in total. The summed E-state index contributed by atoms with van der Waals surface area (Å²) in [5.74, 6) is -0.433. The summed E-state index contributed by atoms with van der Waals surface area (Å²) in [5.41, 5.74) is 1.59. The third-order valence-corrected chi connectivity index (χ3v) is 5.69. The third-order valence-electron chi connectivity index (χ3n) is 5.15. The fourth-order valence-electron chi connectivity index (χ4n) is 3.75. The number of piperazine rings is 1. The zero-order chi connectivity index (χ0) is 19.0. The molecule has 2 saturated heterocycles. The maximum absolute atomic E-state index is 13.0. The van der Waals surface area contributed by atoms with Crippen LogP contribution in [0.3, 0.4) is 0 Å². The van der Waals surface area contributed by atoms with Crippen LogP contribution in [-0.4, -0.2) is 48.9 Å². The van der Waals surface area contributed by atoms with Crippen molar-refractivity contribution in [3.8, 4) is 0 Å². The fourth-order valence-corrected chi connectivity index (χ4v) is 4.24. The predicted molar refractivity (Wildman–Crippen MR) is 108 cm³/mol. The van der Waals surface area contributed by atoms with Gasteiger partial charge in [0.2, 0.25) is 5.91 Å². The van der Waals surface area contributed by atoms with E-state index in [0.29, 0.717) is 15.7 Å². The van der Waals surface area contributed by atoms with Crippen molar-refractivity contribution in [3.63, 3.8) is 0 Å². The van der Waals surface area contributed by atoms with Gasteiger partial charge in [0, 0.05) is 36.9 Å². The number of nitrogens with zero attached hydrogens (tertiary/aromatic N) is 3. The van der Waals surface area contributed by atoms with Crippen LogP contribution in [0.25, 0.3) is 0 Å². The van der Waals surface area contributed by atoms with E-state index >= 15 is 0 Å². The Morgan fingerprint density at radius 2 is 1.59 bits per heavy atom. The number of hydrogen-bond acceptors (Lipinski definition) is 4. The van der Waals surface area contributed by atoms with Crippen molar-refractivity contribution in [1.29, 1.82) is 0 Å². The van der Waals surface area contributed by atoms with Gasteiger partial charge < -0.3 is 4.90 Å². The van der Waals surface area contributed by atoms with E-state index in [0.717, 1.165) is 26.2 Å². The molecule has 0 bridgehead atoms. The number of imide groups is 1. The average molecular weight is 404 g/mol. The molecule has 140 valence electrons. The number of benzene rings is 2. The van der Waals surface area contributed by atoms with Gasteiger partial charge in [0.1, 0.15) is 0 Å². The zero-order valence-electron chi connectivity index (χ0n) is 14.6. The Kier molecular flexibility index (Phi) is 5.08. The summed E-state index contributed by atoms with van der Waals surface area (Å²) in [6, 6.07) is 14.6. The molecule has 7 heteroatoms. The third kappa shape index (κ3) is 3.55. The molecule has 1 atom stereocenters. The lowest BCUT2D eigenvalue weighted by molar-refractivity contribution is -0.123. The Labute approximate surface area is 168 Å². The van der Waals surface area contributed by atoms with Crippen LogP contribution in [0.5, 0.6) is 0 Å². The van der Waals surface area contributed by atoms with Crippen molar-refractivity contribution in [2.75, 3.05) is 36.0 Å². The van der Waals surface area contributed by atoms with Crippen molar-refractivity contribution in [3.05, 3.63) is 58.6 Å². The van der Waals surface area contributed by atoms with Gasteiger partial charge in [0.05, 0.1) is 23.2 Å². The van der Waals surface area contributed by atoms with Gasteiger partial charge in [0.25, 0.3) is 5.91 Å². The smallest absolute Gasteiger partial charge is 0.251 e. The van der Waals surface area contributed by atoms with Crippen LogP contribution in [0.2, 0.25) is 10.0 Å². The van der Waals surface area contributed by atoms with E-state index < -0.39 is 6.04 Å². The second-order valence-electron chi connectivity index (χ2n) is 6.74. The van der Waals surface area contributed by atoms with Gasteiger partial charge >= 0.3 is 0 Å². The highest BCUT2D eigenvalue weighted by Gasteiger charge is 2.43. The van der Waals surface area contributed by atoms with Crippen molar-refractivity contribution in [2.24, 2.45) is 0 Å². The molecule has 0 spiro atoms. The van der Waals surface area contributed by atoms with E-state index in [1.54, 1.807) is 18.2 Å². The first-order valence-corrected chi connectivity index (χ1v) is 9.66. The summed E-state index contributed by atoms with van der Waals surface area (Å²) in [6.45, 7) is 3.12. The fraction of sp³-hybridized carbons (Fsp3) is 0.300. The number of para-hydroxylation sites is 1. The lowest BCUT2D eigenvalue weighted by atomic mass is 10.1. The van der Waals surface area contributed by atoms with E-state index in [9.17, 15) is 9.59 Å². The molecule has 4 rings (SSSR count). The summed E-state index contributed by atoms with van der Waals surface area (Å²) in [5, 5.41) is 0.773. The van der Waals surface area contributed by atoms with E-state index in [-0.39, 0.29) is 18.2 Å². The van der Waals surface area contributed by atoms with E-state index in [1.165, 1.54) is 10.6 Å². The molecule has 2 aromatic carbocycles. The molecule has 2 heterocycles. The molecule has 2 fully saturated rings. The SMILES string of the molecule is O=C1C[C@@H](N2CCN(c3ccccc3)CC2)C(=O)N1c1ccc(Cl)cc1Cl.